The molecular formula is C9H15ClO3. The standard InChI is InChI=1S/C9H15ClO3/c1-3-13-9(12)6-8(10)5-4-7(2)11/h8H,3-6H2,1-2H3. The average Bonchev–Trinajstić information content (AvgIpc) is 2.01. The monoisotopic (exact) mass is 206 g/mol. The minimum Gasteiger partial charge on any atom is -0.466 e. The second-order valence-corrected chi connectivity index (χ2v) is 3.46. The van der Waals surface area contributed by atoms with Crippen LogP contribution in [0.3, 0.4) is 0 Å². The van der Waals surface area contributed by atoms with Gasteiger partial charge in [-0.15, -0.1) is 11.6 Å². The van der Waals surface area contributed by atoms with Crippen LogP contribution in [0.2, 0.25) is 0 Å². The maximum atomic E-state index is 10.9. The van der Waals surface area contributed by atoms with E-state index in [0.717, 1.165) is 0 Å². The number of hydrogen-bond acceptors (Lipinski definition) is 3. The molecule has 0 aromatic rings. The molecule has 4 heteroatoms. The van der Waals surface area contributed by atoms with Gasteiger partial charge in [-0.2, -0.15) is 0 Å². The fraction of sp³-hybridized carbons (Fsp3) is 0.778. The molecule has 0 bridgehead atoms. The Balaban J connectivity index is 3.55. The van der Waals surface area contributed by atoms with Gasteiger partial charge in [-0.3, -0.25) is 4.79 Å². The van der Waals surface area contributed by atoms with E-state index in [4.69, 9.17) is 16.3 Å². The number of ketones is 1. The van der Waals surface area contributed by atoms with Crippen LogP contribution in [-0.4, -0.2) is 23.7 Å². The van der Waals surface area contributed by atoms with Gasteiger partial charge in [0.2, 0.25) is 0 Å². The lowest BCUT2D eigenvalue weighted by Gasteiger charge is -2.06. The molecule has 0 rings (SSSR count). The van der Waals surface area contributed by atoms with Crippen molar-refractivity contribution in [1.82, 2.24) is 0 Å². The van der Waals surface area contributed by atoms with E-state index < -0.39 is 0 Å². The maximum Gasteiger partial charge on any atom is 0.307 e. The number of carbonyl (C=O) groups is 2. The number of alkyl halides is 1. The van der Waals surface area contributed by atoms with Gasteiger partial charge >= 0.3 is 5.97 Å². The predicted molar refractivity (Wildman–Crippen MR) is 50.8 cm³/mol. The smallest absolute Gasteiger partial charge is 0.307 e. The summed E-state index contributed by atoms with van der Waals surface area (Å²) in [5.41, 5.74) is 0. The molecule has 0 aromatic heterocycles. The number of rotatable bonds is 6. The Bertz CT molecular complexity index is 180. The lowest BCUT2D eigenvalue weighted by molar-refractivity contribution is -0.143. The number of Topliss-reactive ketones (excluding diaryl/α,β-unsaturated/α-hetero) is 1. The molecule has 0 spiro atoms. The molecule has 0 aliphatic rings. The van der Waals surface area contributed by atoms with Crippen LogP contribution in [-0.2, 0) is 14.3 Å². The van der Waals surface area contributed by atoms with Crippen LogP contribution in [0.1, 0.15) is 33.1 Å². The summed E-state index contributed by atoms with van der Waals surface area (Å²) in [6.45, 7) is 3.62. The Morgan fingerprint density at radius 3 is 2.54 bits per heavy atom. The van der Waals surface area contributed by atoms with Crippen LogP contribution in [0.4, 0.5) is 0 Å². The van der Waals surface area contributed by atoms with E-state index in [0.29, 0.717) is 19.4 Å². The van der Waals surface area contributed by atoms with Crippen molar-refractivity contribution in [3.8, 4) is 0 Å². The molecule has 0 N–H and O–H groups in total. The first kappa shape index (κ1) is 12.4. The van der Waals surface area contributed by atoms with E-state index in [1.54, 1.807) is 6.92 Å². The average molecular weight is 207 g/mol. The van der Waals surface area contributed by atoms with Crippen molar-refractivity contribution < 1.29 is 14.3 Å². The molecule has 0 saturated carbocycles. The molecule has 0 saturated heterocycles. The van der Waals surface area contributed by atoms with Gasteiger partial charge in [0.25, 0.3) is 0 Å². The second kappa shape index (κ2) is 6.89. The highest BCUT2D eigenvalue weighted by Crippen LogP contribution is 2.10. The third-order valence-corrected chi connectivity index (χ3v) is 1.88. The Morgan fingerprint density at radius 1 is 1.46 bits per heavy atom. The second-order valence-electron chi connectivity index (χ2n) is 2.85. The molecule has 76 valence electrons. The van der Waals surface area contributed by atoms with Gasteiger partial charge in [-0.25, -0.2) is 0 Å². The van der Waals surface area contributed by atoms with Gasteiger partial charge in [0.05, 0.1) is 13.0 Å². The lowest BCUT2D eigenvalue weighted by atomic mass is 10.1. The Hall–Kier alpha value is -0.570. The largest absolute Gasteiger partial charge is 0.466 e. The molecule has 0 aliphatic heterocycles. The molecule has 1 unspecified atom stereocenters. The highest BCUT2D eigenvalue weighted by molar-refractivity contribution is 6.21. The molecule has 3 nitrogen and oxygen atoms in total. The van der Waals surface area contributed by atoms with Crippen molar-refractivity contribution in [3.05, 3.63) is 0 Å². The highest BCUT2D eigenvalue weighted by atomic mass is 35.5. The van der Waals surface area contributed by atoms with Gasteiger partial charge in [0, 0.05) is 11.8 Å². The first-order chi connectivity index (χ1) is 6.06. The zero-order chi connectivity index (χ0) is 10.3. The van der Waals surface area contributed by atoms with Crippen LogP contribution < -0.4 is 0 Å². The number of carbonyl (C=O) groups excluding carboxylic acids is 2. The normalized spacial score (nSPS) is 12.2. The topological polar surface area (TPSA) is 43.4 Å². The third kappa shape index (κ3) is 7.78. The highest BCUT2D eigenvalue weighted by Gasteiger charge is 2.12. The maximum absolute atomic E-state index is 10.9. The Kier molecular flexibility index (Phi) is 6.59. The van der Waals surface area contributed by atoms with Gasteiger partial charge in [-0.1, -0.05) is 0 Å². The summed E-state index contributed by atoms with van der Waals surface area (Å²) >= 11 is 5.80. The third-order valence-electron chi connectivity index (χ3n) is 1.50. The van der Waals surface area contributed by atoms with Crippen molar-refractivity contribution in [2.45, 2.75) is 38.5 Å². The van der Waals surface area contributed by atoms with Gasteiger partial charge < -0.3 is 9.53 Å². The molecule has 0 fully saturated rings. The molecular weight excluding hydrogens is 192 g/mol. The van der Waals surface area contributed by atoms with Crippen molar-refractivity contribution in [2.24, 2.45) is 0 Å². The summed E-state index contributed by atoms with van der Waals surface area (Å²) in [5, 5.41) is -0.289. The van der Waals surface area contributed by atoms with E-state index in [9.17, 15) is 9.59 Å². The Labute approximate surface area is 83.4 Å². The SMILES string of the molecule is CCOC(=O)CC(Cl)CCC(C)=O. The van der Waals surface area contributed by atoms with E-state index >= 15 is 0 Å². The van der Waals surface area contributed by atoms with Crippen molar-refractivity contribution in [2.75, 3.05) is 6.61 Å². The molecule has 1 atom stereocenters. The minimum atomic E-state index is -0.300. The summed E-state index contributed by atoms with van der Waals surface area (Å²) in [7, 11) is 0. The van der Waals surface area contributed by atoms with E-state index in [2.05, 4.69) is 0 Å². The first-order valence-corrected chi connectivity index (χ1v) is 4.79. The molecule has 0 heterocycles. The van der Waals surface area contributed by atoms with E-state index in [-0.39, 0.29) is 23.6 Å². The number of ether oxygens (including phenoxy) is 1. The fourth-order valence-electron chi connectivity index (χ4n) is 0.863. The zero-order valence-electron chi connectivity index (χ0n) is 8.01. The van der Waals surface area contributed by atoms with Crippen LogP contribution in [0.5, 0.6) is 0 Å². The van der Waals surface area contributed by atoms with Gasteiger partial charge in [0.15, 0.2) is 0 Å². The van der Waals surface area contributed by atoms with Crippen molar-refractivity contribution in [1.29, 1.82) is 0 Å². The number of halogens is 1. The summed E-state index contributed by atoms with van der Waals surface area (Å²) in [6.07, 6.45) is 1.14. The summed E-state index contributed by atoms with van der Waals surface area (Å²) < 4.78 is 4.71. The Morgan fingerprint density at radius 2 is 2.08 bits per heavy atom. The fourth-order valence-corrected chi connectivity index (χ4v) is 1.10. The molecule has 0 aliphatic carbocycles. The molecule has 0 amide bonds. The van der Waals surface area contributed by atoms with Crippen molar-refractivity contribution in [3.63, 3.8) is 0 Å². The van der Waals surface area contributed by atoms with Crippen LogP contribution >= 0.6 is 11.6 Å². The van der Waals surface area contributed by atoms with Gasteiger partial charge in [0.1, 0.15) is 5.78 Å². The van der Waals surface area contributed by atoms with Gasteiger partial charge in [-0.05, 0) is 20.3 Å². The van der Waals surface area contributed by atoms with Crippen LogP contribution in [0.15, 0.2) is 0 Å². The first-order valence-electron chi connectivity index (χ1n) is 4.35. The molecule has 0 radical (unpaired) electrons. The summed E-state index contributed by atoms with van der Waals surface area (Å²) in [4.78, 5) is 21.5. The van der Waals surface area contributed by atoms with Crippen LogP contribution in [0.25, 0.3) is 0 Å². The van der Waals surface area contributed by atoms with Crippen LogP contribution in [0, 0.1) is 0 Å². The zero-order valence-corrected chi connectivity index (χ0v) is 8.76. The lowest BCUT2D eigenvalue weighted by Crippen LogP contribution is -2.12. The quantitative estimate of drug-likeness (QED) is 0.493. The minimum absolute atomic E-state index is 0.0921. The molecule has 13 heavy (non-hydrogen) atoms. The van der Waals surface area contributed by atoms with E-state index in [1.807, 2.05) is 0 Å². The predicted octanol–water partition coefficient (Wildman–Crippen LogP) is 1.92. The van der Waals surface area contributed by atoms with Crippen molar-refractivity contribution >= 4 is 23.4 Å². The van der Waals surface area contributed by atoms with E-state index in [1.165, 1.54) is 6.92 Å². The summed E-state index contributed by atoms with van der Waals surface area (Å²) in [5.74, 6) is -0.208. The molecule has 0 aromatic carbocycles. The number of hydrogen-bond donors (Lipinski definition) is 0. The summed E-state index contributed by atoms with van der Waals surface area (Å²) in [6, 6.07) is 0. The number of esters is 1.